The van der Waals surface area contributed by atoms with Gasteiger partial charge in [-0.1, -0.05) is 16.8 Å². The first kappa shape index (κ1) is 25.2. The van der Waals surface area contributed by atoms with Gasteiger partial charge in [-0.25, -0.2) is 9.37 Å². The van der Waals surface area contributed by atoms with Gasteiger partial charge in [-0.2, -0.15) is 5.26 Å². The molecule has 10 heteroatoms. The molecule has 0 radical (unpaired) electrons. The fourth-order valence-corrected chi connectivity index (χ4v) is 5.24. The van der Waals surface area contributed by atoms with Gasteiger partial charge in [0.25, 0.3) is 5.56 Å². The molecule has 2 saturated carbocycles. The largest absolute Gasteiger partial charge is 0.395 e. The van der Waals surface area contributed by atoms with E-state index in [-0.39, 0.29) is 23.1 Å². The second-order valence-electron chi connectivity index (χ2n) is 9.89. The summed E-state index contributed by atoms with van der Waals surface area (Å²) in [5.74, 6) is 0.279. The van der Waals surface area contributed by atoms with E-state index in [2.05, 4.69) is 21.2 Å². The van der Waals surface area contributed by atoms with Crippen LogP contribution in [0.4, 0.5) is 10.1 Å². The minimum atomic E-state index is -0.393. The highest BCUT2D eigenvalue weighted by Gasteiger charge is 2.32. The van der Waals surface area contributed by atoms with Gasteiger partial charge < -0.3 is 14.3 Å². The second kappa shape index (κ2) is 10.5. The predicted molar refractivity (Wildman–Crippen MR) is 140 cm³/mol. The summed E-state index contributed by atoms with van der Waals surface area (Å²) in [6.45, 7) is 0.589. The molecule has 3 heterocycles. The van der Waals surface area contributed by atoms with Crippen LogP contribution in [0.2, 0.25) is 5.15 Å². The maximum atomic E-state index is 13.5. The number of aryl methyl sites for hydroxylation is 1. The molecular formula is C27H28ClFN6O2. The minimum absolute atomic E-state index is 0.0561. The summed E-state index contributed by atoms with van der Waals surface area (Å²) in [6.07, 6.45) is 6.74. The van der Waals surface area contributed by atoms with Crippen LogP contribution in [0, 0.1) is 29.0 Å². The number of pyridine rings is 3. The predicted octanol–water partition coefficient (Wildman–Crippen LogP) is 4.82. The van der Waals surface area contributed by atoms with Crippen LogP contribution in [0.15, 0.2) is 40.4 Å². The molecule has 5 rings (SSSR count). The number of oxime groups is 1. The normalized spacial score (nSPS) is 20.0. The molecule has 2 aliphatic carbocycles. The zero-order chi connectivity index (χ0) is 26.1. The first-order valence-corrected chi connectivity index (χ1v) is 12.9. The van der Waals surface area contributed by atoms with E-state index in [1.54, 1.807) is 25.2 Å². The molecule has 3 aromatic rings. The lowest BCUT2D eigenvalue weighted by molar-refractivity contribution is 0.131. The van der Waals surface area contributed by atoms with Crippen molar-refractivity contribution in [2.24, 2.45) is 24.0 Å². The van der Waals surface area contributed by atoms with Crippen LogP contribution in [0.25, 0.3) is 11.0 Å². The fourth-order valence-electron chi connectivity index (χ4n) is 5.09. The molecule has 0 aliphatic heterocycles. The molecule has 37 heavy (non-hydrogen) atoms. The SMILES string of the molecule is Cn1c(=O)c(C#N)c(N(C)[C@H]2CC[C@H](/C(=N/OCC3CC3)c3ccc(F)cn3)CC2)c2nc(Cl)ccc21. The highest BCUT2D eigenvalue weighted by Crippen LogP contribution is 2.35. The Morgan fingerprint density at radius 1 is 1.24 bits per heavy atom. The first-order chi connectivity index (χ1) is 17.9. The Morgan fingerprint density at radius 2 is 2.00 bits per heavy atom. The van der Waals surface area contributed by atoms with Gasteiger partial charge in [-0.15, -0.1) is 0 Å². The van der Waals surface area contributed by atoms with Gasteiger partial charge in [0.15, 0.2) is 0 Å². The van der Waals surface area contributed by atoms with E-state index in [1.165, 1.54) is 29.7 Å². The van der Waals surface area contributed by atoms with Gasteiger partial charge in [0.2, 0.25) is 0 Å². The number of nitriles is 1. The van der Waals surface area contributed by atoms with Crippen LogP contribution < -0.4 is 10.5 Å². The minimum Gasteiger partial charge on any atom is -0.395 e. The van der Waals surface area contributed by atoms with Crippen LogP contribution in [0.3, 0.4) is 0 Å². The molecule has 0 amide bonds. The number of hydrogen-bond donors (Lipinski definition) is 0. The molecule has 0 saturated heterocycles. The van der Waals surface area contributed by atoms with Crippen molar-refractivity contribution in [3.8, 4) is 6.07 Å². The molecule has 0 bridgehead atoms. The lowest BCUT2D eigenvalue weighted by Crippen LogP contribution is -2.39. The Labute approximate surface area is 219 Å². The molecule has 2 aliphatic rings. The highest BCUT2D eigenvalue weighted by molar-refractivity contribution is 6.29. The van der Waals surface area contributed by atoms with E-state index in [9.17, 15) is 14.4 Å². The van der Waals surface area contributed by atoms with Crippen molar-refractivity contribution in [3.63, 3.8) is 0 Å². The summed E-state index contributed by atoms with van der Waals surface area (Å²) in [4.78, 5) is 29.4. The molecule has 192 valence electrons. The van der Waals surface area contributed by atoms with E-state index in [1.807, 2.05) is 11.9 Å². The number of rotatable bonds is 7. The van der Waals surface area contributed by atoms with Crippen molar-refractivity contribution >= 4 is 34.0 Å². The van der Waals surface area contributed by atoms with E-state index in [4.69, 9.17) is 16.4 Å². The van der Waals surface area contributed by atoms with Crippen LogP contribution in [0.1, 0.15) is 49.8 Å². The van der Waals surface area contributed by atoms with Gasteiger partial charge >= 0.3 is 0 Å². The Kier molecular flexibility index (Phi) is 7.11. The summed E-state index contributed by atoms with van der Waals surface area (Å²) in [6, 6.07) is 8.60. The van der Waals surface area contributed by atoms with Crippen LogP contribution in [0.5, 0.6) is 0 Å². The summed E-state index contributed by atoms with van der Waals surface area (Å²) in [5.41, 5.74) is 2.72. The third-order valence-corrected chi connectivity index (χ3v) is 7.65. The number of halogens is 2. The zero-order valence-corrected chi connectivity index (χ0v) is 21.6. The van der Waals surface area contributed by atoms with Crippen LogP contribution in [-0.2, 0) is 11.9 Å². The summed E-state index contributed by atoms with van der Waals surface area (Å²) >= 11 is 6.20. The number of aromatic nitrogens is 3. The average molecular weight is 523 g/mol. The van der Waals surface area contributed by atoms with Crippen molar-refractivity contribution in [2.45, 2.75) is 44.6 Å². The molecule has 0 atom stereocenters. The maximum absolute atomic E-state index is 13.5. The molecule has 0 N–H and O–H groups in total. The fraction of sp³-hybridized carbons (Fsp3) is 0.444. The van der Waals surface area contributed by atoms with E-state index < -0.39 is 5.82 Å². The molecule has 3 aromatic heterocycles. The van der Waals surface area contributed by atoms with E-state index >= 15 is 0 Å². The van der Waals surface area contributed by atoms with E-state index in [0.717, 1.165) is 31.4 Å². The monoisotopic (exact) mass is 522 g/mol. The van der Waals surface area contributed by atoms with E-state index in [0.29, 0.717) is 40.1 Å². The lowest BCUT2D eigenvalue weighted by atomic mass is 9.81. The Hall–Kier alpha value is -3.51. The summed E-state index contributed by atoms with van der Waals surface area (Å²) in [7, 11) is 3.53. The van der Waals surface area contributed by atoms with Crippen molar-refractivity contribution in [2.75, 3.05) is 18.6 Å². The summed E-state index contributed by atoms with van der Waals surface area (Å²) < 4.78 is 14.9. The molecule has 8 nitrogen and oxygen atoms in total. The summed E-state index contributed by atoms with van der Waals surface area (Å²) in [5, 5.41) is 14.6. The van der Waals surface area contributed by atoms with Gasteiger partial charge in [0.1, 0.15) is 40.4 Å². The Bertz CT molecular complexity index is 1440. The number of nitrogens with zero attached hydrogens (tertiary/aromatic N) is 6. The van der Waals surface area contributed by atoms with Gasteiger partial charge in [0, 0.05) is 26.1 Å². The lowest BCUT2D eigenvalue weighted by Gasteiger charge is -2.36. The third kappa shape index (κ3) is 5.16. The number of anilines is 1. The third-order valence-electron chi connectivity index (χ3n) is 7.44. The maximum Gasteiger partial charge on any atom is 0.270 e. The Morgan fingerprint density at radius 3 is 2.65 bits per heavy atom. The highest BCUT2D eigenvalue weighted by atomic mass is 35.5. The standard InChI is InChI=1S/C27H28ClFN6O2/c1-34(26-20(13-30)27(36)35(2)22-11-12-23(28)32-25(22)26)19-8-5-17(6-9-19)24(33-37-15-16-3-4-16)21-10-7-18(29)14-31-21/h7,10-12,14,16-17,19H,3-6,8-9,15H2,1-2H3/b33-24-/t17-,19-. The molecule has 0 aromatic carbocycles. The quantitative estimate of drug-likeness (QED) is 0.251. The average Bonchev–Trinajstić information content (AvgIpc) is 3.73. The number of hydrogen-bond acceptors (Lipinski definition) is 7. The zero-order valence-electron chi connectivity index (χ0n) is 20.8. The van der Waals surface area contributed by atoms with Crippen LogP contribution in [-0.4, -0.2) is 39.9 Å². The second-order valence-corrected chi connectivity index (χ2v) is 10.3. The number of fused-ring (bicyclic) bond motifs is 1. The van der Waals surface area contributed by atoms with Crippen molar-refractivity contribution < 1.29 is 9.23 Å². The molecule has 0 unspecified atom stereocenters. The van der Waals surface area contributed by atoms with Gasteiger partial charge in [0.05, 0.1) is 23.1 Å². The molecule has 0 spiro atoms. The van der Waals surface area contributed by atoms with Crippen molar-refractivity contribution in [1.29, 1.82) is 5.26 Å². The van der Waals surface area contributed by atoms with Gasteiger partial charge in [-0.3, -0.25) is 9.78 Å². The topological polar surface area (TPSA) is 96.4 Å². The van der Waals surface area contributed by atoms with Crippen molar-refractivity contribution in [1.82, 2.24) is 14.5 Å². The van der Waals surface area contributed by atoms with Crippen LogP contribution >= 0.6 is 11.6 Å². The molecule has 2 fully saturated rings. The first-order valence-electron chi connectivity index (χ1n) is 12.5. The molecular weight excluding hydrogens is 495 g/mol. The van der Waals surface area contributed by atoms with Gasteiger partial charge in [-0.05, 0) is 68.7 Å². The van der Waals surface area contributed by atoms with Crippen molar-refractivity contribution in [3.05, 3.63) is 63.0 Å². The Balaban J connectivity index is 1.40. The smallest absolute Gasteiger partial charge is 0.270 e.